The monoisotopic (exact) mass is 463 g/mol. The molecule has 2 aliphatic heterocycles. The van der Waals surface area contributed by atoms with Crippen LogP contribution in [0.3, 0.4) is 0 Å². The number of aromatic amines is 1. The molecule has 5 nitrogen and oxygen atoms in total. The van der Waals surface area contributed by atoms with E-state index in [-0.39, 0.29) is 30.2 Å². The lowest BCUT2D eigenvalue weighted by atomic mass is 9.83. The molecule has 6 rings (SSSR count). The summed E-state index contributed by atoms with van der Waals surface area (Å²) >= 11 is 0. The average molecular weight is 464 g/mol. The molecule has 3 heterocycles. The number of carbonyl (C=O) groups excluding carboxylic acids is 2. The Balaban J connectivity index is 1.42. The van der Waals surface area contributed by atoms with E-state index in [0.29, 0.717) is 12.2 Å². The maximum atomic E-state index is 13.7. The number of hydrogen-bond acceptors (Lipinski definition) is 3. The number of fused-ring (bicyclic) bond motifs is 3. The molecule has 0 aliphatic carbocycles. The highest BCUT2D eigenvalue weighted by Gasteiger charge is 2.47. The number of aryl methyl sites for hydroxylation is 2. The molecule has 0 radical (unpaired) electrons. The zero-order valence-corrected chi connectivity index (χ0v) is 20.3. The Bertz CT molecular complexity index is 1460. The number of nitrogens with one attached hydrogen (secondary N) is 1. The van der Waals surface area contributed by atoms with Crippen LogP contribution in [0.15, 0.2) is 72.8 Å². The van der Waals surface area contributed by atoms with Crippen LogP contribution in [0.1, 0.15) is 53.3 Å². The van der Waals surface area contributed by atoms with Gasteiger partial charge >= 0.3 is 0 Å². The summed E-state index contributed by atoms with van der Waals surface area (Å²) in [5.74, 6) is -0.150. The van der Waals surface area contributed by atoms with E-state index in [1.54, 1.807) is 0 Å². The first-order valence-electron chi connectivity index (χ1n) is 12.3. The first kappa shape index (κ1) is 21.8. The van der Waals surface area contributed by atoms with Crippen molar-refractivity contribution >= 4 is 28.4 Å². The molecule has 4 aromatic rings. The number of rotatable bonds is 3. The second-order valence-corrected chi connectivity index (χ2v) is 9.89. The summed E-state index contributed by atoms with van der Waals surface area (Å²) in [5.41, 5.74) is 7.66. The fourth-order valence-corrected chi connectivity index (χ4v) is 5.88. The topological polar surface area (TPSA) is 56.4 Å². The number of para-hydroxylation sites is 1. The normalized spacial score (nSPS) is 22.7. The molecular weight excluding hydrogens is 434 g/mol. The van der Waals surface area contributed by atoms with Gasteiger partial charge in [-0.25, -0.2) is 4.90 Å². The fraction of sp³-hybridized carbons (Fsp3) is 0.267. The molecule has 0 spiro atoms. The molecule has 176 valence electrons. The van der Waals surface area contributed by atoms with E-state index in [0.717, 1.165) is 22.3 Å². The van der Waals surface area contributed by atoms with E-state index in [1.165, 1.54) is 21.4 Å². The Hall–Kier alpha value is -3.70. The van der Waals surface area contributed by atoms with Crippen LogP contribution < -0.4 is 4.90 Å². The summed E-state index contributed by atoms with van der Waals surface area (Å²) in [7, 11) is 0. The maximum Gasteiger partial charge on any atom is 0.251 e. The number of aromatic nitrogens is 1. The largest absolute Gasteiger partial charge is 0.357 e. The van der Waals surface area contributed by atoms with E-state index in [4.69, 9.17) is 0 Å². The molecule has 2 aliphatic rings. The molecule has 1 aromatic heterocycles. The summed E-state index contributed by atoms with van der Waals surface area (Å²) in [6.45, 7) is 6.87. The van der Waals surface area contributed by atoms with Gasteiger partial charge in [0.15, 0.2) is 0 Å². The number of imide groups is 1. The molecule has 0 saturated carbocycles. The van der Waals surface area contributed by atoms with Crippen LogP contribution in [0.2, 0.25) is 0 Å². The number of benzene rings is 3. The van der Waals surface area contributed by atoms with Gasteiger partial charge in [0.2, 0.25) is 5.91 Å². The SMILES string of the molecule is Cc1ccc(N2C(=O)CC(N3CC(c4ccccc4)c4c([nH]c5ccccc45)C3C)C2=O)cc1C. The van der Waals surface area contributed by atoms with Crippen molar-refractivity contribution in [2.45, 2.75) is 45.2 Å². The third-order valence-electron chi connectivity index (χ3n) is 7.91. The van der Waals surface area contributed by atoms with Crippen molar-refractivity contribution in [3.05, 3.63) is 101 Å². The molecule has 3 unspecified atom stereocenters. The minimum absolute atomic E-state index is 0.0150. The van der Waals surface area contributed by atoms with Crippen molar-refractivity contribution in [3.8, 4) is 0 Å². The quantitative estimate of drug-likeness (QED) is 0.401. The predicted octanol–water partition coefficient (Wildman–Crippen LogP) is 5.63. The van der Waals surface area contributed by atoms with Crippen molar-refractivity contribution in [2.75, 3.05) is 11.4 Å². The van der Waals surface area contributed by atoms with Gasteiger partial charge in [-0.05, 0) is 61.2 Å². The Kier molecular flexibility index (Phi) is 5.11. The summed E-state index contributed by atoms with van der Waals surface area (Å²) in [6.07, 6.45) is 0.202. The van der Waals surface area contributed by atoms with Crippen molar-refractivity contribution in [1.82, 2.24) is 9.88 Å². The number of H-pyrrole nitrogens is 1. The van der Waals surface area contributed by atoms with Gasteiger partial charge in [-0.2, -0.15) is 0 Å². The molecule has 0 bridgehead atoms. The van der Waals surface area contributed by atoms with E-state index in [1.807, 2.05) is 44.2 Å². The Morgan fingerprint density at radius 2 is 1.63 bits per heavy atom. The second-order valence-electron chi connectivity index (χ2n) is 9.89. The van der Waals surface area contributed by atoms with Crippen LogP contribution >= 0.6 is 0 Å². The zero-order chi connectivity index (χ0) is 24.3. The highest BCUT2D eigenvalue weighted by atomic mass is 16.2. The van der Waals surface area contributed by atoms with Crippen LogP contribution in [-0.4, -0.2) is 34.3 Å². The van der Waals surface area contributed by atoms with Gasteiger partial charge in [-0.3, -0.25) is 14.5 Å². The zero-order valence-electron chi connectivity index (χ0n) is 20.3. The fourth-order valence-electron chi connectivity index (χ4n) is 5.88. The van der Waals surface area contributed by atoms with Gasteiger partial charge in [-0.1, -0.05) is 54.6 Å². The molecule has 3 aromatic carbocycles. The first-order valence-corrected chi connectivity index (χ1v) is 12.3. The van der Waals surface area contributed by atoms with E-state index >= 15 is 0 Å². The third-order valence-corrected chi connectivity index (χ3v) is 7.91. The summed E-state index contributed by atoms with van der Waals surface area (Å²) in [6, 6.07) is 24.2. The highest BCUT2D eigenvalue weighted by molar-refractivity contribution is 6.22. The van der Waals surface area contributed by atoms with E-state index in [2.05, 4.69) is 59.3 Å². The summed E-state index contributed by atoms with van der Waals surface area (Å²) < 4.78 is 0. The number of amides is 2. The van der Waals surface area contributed by atoms with Crippen molar-refractivity contribution < 1.29 is 9.59 Å². The molecule has 3 atom stereocenters. The van der Waals surface area contributed by atoms with Gasteiger partial charge in [0.05, 0.1) is 18.2 Å². The summed E-state index contributed by atoms with van der Waals surface area (Å²) in [5, 5.41) is 1.23. The Morgan fingerprint density at radius 3 is 2.40 bits per heavy atom. The van der Waals surface area contributed by atoms with Crippen molar-refractivity contribution in [3.63, 3.8) is 0 Å². The average Bonchev–Trinajstić information content (AvgIpc) is 3.39. The molecule has 1 saturated heterocycles. The van der Waals surface area contributed by atoms with E-state index < -0.39 is 6.04 Å². The molecular formula is C30H29N3O2. The van der Waals surface area contributed by atoms with Crippen LogP contribution in [0, 0.1) is 13.8 Å². The molecule has 1 fully saturated rings. The number of nitrogens with zero attached hydrogens (tertiary/aromatic N) is 2. The molecule has 2 amide bonds. The van der Waals surface area contributed by atoms with Crippen molar-refractivity contribution in [2.24, 2.45) is 0 Å². The first-order chi connectivity index (χ1) is 16.9. The standard InChI is InChI=1S/C30H29N3O2/c1-18-13-14-22(15-19(18)2)33-27(34)16-26(30(33)35)32-17-24(21-9-5-4-6-10-21)28-23-11-7-8-12-25(23)31-29(28)20(32)3/h4-15,20,24,26,31H,16-17H2,1-3H3. The Morgan fingerprint density at radius 1 is 0.886 bits per heavy atom. The van der Waals surface area contributed by atoms with Crippen LogP contribution in [0.4, 0.5) is 5.69 Å². The lowest BCUT2D eigenvalue weighted by Crippen LogP contribution is -2.47. The van der Waals surface area contributed by atoms with Crippen LogP contribution in [-0.2, 0) is 9.59 Å². The number of anilines is 1. The third kappa shape index (κ3) is 3.41. The lowest BCUT2D eigenvalue weighted by molar-refractivity contribution is -0.123. The minimum Gasteiger partial charge on any atom is -0.357 e. The maximum absolute atomic E-state index is 13.7. The lowest BCUT2D eigenvalue weighted by Gasteiger charge is -2.40. The number of hydrogen-bond donors (Lipinski definition) is 1. The van der Waals surface area contributed by atoms with Crippen molar-refractivity contribution in [1.29, 1.82) is 0 Å². The van der Waals surface area contributed by atoms with Gasteiger partial charge in [0.1, 0.15) is 0 Å². The molecule has 5 heteroatoms. The smallest absolute Gasteiger partial charge is 0.251 e. The van der Waals surface area contributed by atoms with Gasteiger partial charge in [0, 0.05) is 35.1 Å². The summed E-state index contributed by atoms with van der Waals surface area (Å²) in [4.78, 5) is 34.2. The second kappa shape index (κ2) is 8.21. The minimum atomic E-state index is -0.482. The van der Waals surface area contributed by atoms with Gasteiger partial charge in [-0.15, -0.1) is 0 Å². The predicted molar refractivity (Wildman–Crippen MR) is 139 cm³/mol. The van der Waals surface area contributed by atoms with Gasteiger partial charge in [0.25, 0.3) is 5.91 Å². The highest BCUT2D eigenvalue weighted by Crippen LogP contribution is 2.45. The van der Waals surface area contributed by atoms with Crippen LogP contribution in [0.25, 0.3) is 10.9 Å². The van der Waals surface area contributed by atoms with Crippen LogP contribution in [0.5, 0.6) is 0 Å². The Labute approximate surface area is 205 Å². The molecule has 1 N–H and O–H groups in total. The number of carbonyl (C=O) groups is 2. The van der Waals surface area contributed by atoms with E-state index in [9.17, 15) is 9.59 Å². The van der Waals surface area contributed by atoms with Gasteiger partial charge < -0.3 is 4.98 Å². The molecule has 35 heavy (non-hydrogen) atoms.